The molecular formula is C22H18BrNO4. The fourth-order valence-corrected chi connectivity index (χ4v) is 3.36. The maximum Gasteiger partial charge on any atom is 0.291 e. The van der Waals surface area contributed by atoms with Crippen molar-refractivity contribution in [2.45, 2.75) is 20.1 Å². The Morgan fingerprint density at radius 3 is 2.82 bits per heavy atom. The Morgan fingerprint density at radius 2 is 2.00 bits per heavy atom. The number of amides is 1. The molecule has 2 aromatic heterocycles. The van der Waals surface area contributed by atoms with Gasteiger partial charge in [-0.05, 0) is 55.0 Å². The molecule has 0 saturated carbocycles. The average molecular weight is 440 g/mol. The molecule has 6 heteroatoms. The van der Waals surface area contributed by atoms with E-state index in [9.17, 15) is 4.79 Å². The summed E-state index contributed by atoms with van der Waals surface area (Å²) in [5.74, 6) is 0.808. The molecule has 0 aliphatic carbocycles. The molecule has 28 heavy (non-hydrogen) atoms. The Balaban J connectivity index is 1.45. The molecule has 0 fully saturated rings. The molecule has 4 rings (SSSR count). The first-order valence-corrected chi connectivity index (χ1v) is 9.58. The van der Waals surface area contributed by atoms with E-state index in [-0.39, 0.29) is 5.91 Å². The van der Waals surface area contributed by atoms with Gasteiger partial charge in [0.05, 0.1) is 12.9 Å². The predicted octanol–water partition coefficient (Wildman–Crippen LogP) is 6.07. The molecule has 0 saturated heterocycles. The van der Waals surface area contributed by atoms with Crippen LogP contribution in [0.4, 0.5) is 5.69 Å². The van der Waals surface area contributed by atoms with E-state index >= 15 is 0 Å². The van der Waals surface area contributed by atoms with E-state index in [1.807, 2.05) is 61.5 Å². The summed E-state index contributed by atoms with van der Waals surface area (Å²) in [5.41, 5.74) is 3.14. The lowest BCUT2D eigenvalue weighted by molar-refractivity contribution is 0.0929. The number of carbonyl (C=O) groups is 1. The SMILES string of the molecule is Cc1c(C(=O)Nc2cccc(COCc3ccco3)c2)oc2ccc(Br)cc12. The Kier molecular flexibility index (Phi) is 5.32. The second-order valence-electron chi connectivity index (χ2n) is 6.42. The minimum absolute atomic E-state index is 0.279. The molecule has 0 radical (unpaired) electrons. The Hall–Kier alpha value is -2.83. The number of nitrogens with one attached hydrogen (secondary N) is 1. The van der Waals surface area contributed by atoms with Crippen molar-refractivity contribution in [1.29, 1.82) is 0 Å². The molecule has 2 aromatic carbocycles. The number of halogens is 1. The number of hydrogen-bond acceptors (Lipinski definition) is 4. The van der Waals surface area contributed by atoms with Gasteiger partial charge in [0.2, 0.25) is 0 Å². The molecule has 0 aliphatic rings. The quantitative estimate of drug-likeness (QED) is 0.396. The summed E-state index contributed by atoms with van der Waals surface area (Å²) in [7, 11) is 0. The van der Waals surface area contributed by atoms with E-state index in [0.29, 0.717) is 30.2 Å². The van der Waals surface area contributed by atoms with E-state index in [1.165, 1.54) is 0 Å². The van der Waals surface area contributed by atoms with Gasteiger partial charge in [-0.15, -0.1) is 0 Å². The van der Waals surface area contributed by atoms with Gasteiger partial charge in [0.25, 0.3) is 5.91 Å². The zero-order valence-corrected chi connectivity index (χ0v) is 16.8. The number of furan rings is 2. The number of anilines is 1. The largest absolute Gasteiger partial charge is 0.467 e. The van der Waals surface area contributed by atoms with Gasteiger partial charge < -0.3 is 18.9 Å². The normalized spacial score (nSPS) is 11.1. The summed E-state index contributed by atoms with van der Waals surface area (Å²) >= 11 is 3.45. The van der Waals surface area contributed by atoms with Gasteiger partial charge in [-0.2, -0.15) is 0 Å². The number of aryl methyl sites for hydroxylation is 1. The number of benzene rings is 2. The molecule has 1 amide bonds. The van der Waals surface area contributed by atoms with Gasteiger partial charge >= 0.3 is 0 Å². The highest BCUT2D eigenvalue weighted by Crippen LogP contribution is 2.28. The maximum absolute atomic E-state index is 12.7. The van der Waals surface area contributed by atoms with E-state index in [1.54, 1.807) is 6.26 Å². The minimum Gasteiger partial charge on any atom is -0.467 e. The van der Waals surface area contributed by atoms with Crippen LogP contribution in [0.3, 0.4) is 0 Å². The van der Waals surface area contributed by atoms with Crippen LogP contribution in [0, 0.1) is 6.92 Å². The lowest BCUT2D eigenvalue weighted by Crippen LogP contribution is -2.12. The molecule has 0 aliphatic heterocycles. The highest BCUT2D eigenvalue weighted by atomic mass is 79.9. The molecule has 0 spiro atoms. The van der Waals surface area contributed by atoms with Gasteiger partial charge in [-0.1, -0.05) is 28.1 Å². The van der Waals surface area contributed by atoms with Crippen LogP contribution in [0.25, 0.3) is 11.0 Å². The topological polar surface area (TPSA) is 64.6 Å². The molecule has 0 bridgehead atoms. The molecular weight excluding hydrogens is 422 g/mol. The smallest absolute Gasteiger partial charge is 0.291 e. The third kappa shape index (κ3) is 4.03. The van der Waals surface area contributed by atoms with Crippen LogP contribution in [-0.4, -0.2) is 5.91 Å². The van der Waals surface area contributed by atoms with Gasteiger partial charge in [0.15, 0.2) is 5.76 Å². The zero-order chi connectivity index (χ0) is 19.5. The first kappa shape index (κ1) is 18.5. The summed E-state index contributed by atoms with van der Waals surface area (Å²) < 4.78 is 17.6. The first-order chi connectivity index (χ1) is 13.6. The van der Waals surface area contributed by atoms with Crippen molar-refractivity contribution in [3.63, 3.8) is 0 Å². The van der Waals surface area contributed by atoms with Gasteiger partial charge in [-0.25, -0.2) is 0 Å². The second-order valence-corrected chi connectivity index (χ2v) is 7.34. The monoisotopic (exact) mass is 439 g/mol. The second kappa shape index (κ2) is 8.04. The summed E-state index contributed by atoms with van der Waals surface area (Å²) in [4.78, 5) is 12.7. The van der Waals surface area contributed by atoms with Gasteiger partial charge in [0, 0.05) is 21.1 Å². The fourth-order valence-electron chi connectivity index (χ4n) is 3.00. The zero-order valence-electron chi connectivity index (χ0n) is 15.2. The Morgan fingerprint density at radius 1 is 1.11 bits per heavy atom. The summed E-state index contributed by atoms with van der Waals surface area (Å²) in [6.45, 7) is 2.70. The molecule has 5 nitrogen and oxygen atoms in total. The fraction of sp³-hybridized carbons (Fsp3) is 0.136. The summed E-state index contributed by atoms with van der Waals surface area (Å²) in [6.07, 6.45) is 1.62. The van der Waals surface area contributed by atoms with E-state index in [4.69, 9.17) is 13.6 Å². The first-order valence-electron chi connectivity index (χ1n) is 8.79. The van der Waals surface area contributed by atoms with Crippen molar-refractivity contribution in [3.8, 4) is 0 Å². The van der Waals surface area contributed by atoms with Crippen LogP contribution in [0.15, 0.2) is 74.2 Å². The third-order valence-corrected chi connectivity index (χ3v) is 4.88. The minimum atomic E-state index is -0.279. The Bertz CT molecular complexity index is 1110. The molecule has 0 unspecified atom stereocenters. The molecule has 0 atom stereocenters. The molecule has 142 valence electrons. The van der Waals surface area contributed by atoms with E-state index < -0.39 is 0 Å². The predicted molar refractivity (Wildman–Crippen MR) is 110 cm³/mol. The summed E-state index contributed by atoms with van der Waals surface area (Å²) in [6, 6.07) is 16.9. The number of rotatable bonds is 6. The van der Waals surface area contributed by atoms with Crippen molar-refractivity contribution in [3.05, 3.63) is 88.0 Å². The maximum atomic E-state index is 12.7. The number of hydrogen-bond donors (Lipinski definition) is 1. The van der Waals surface area contributed by atoms with Crippen molar-refractivity contribution >= 4 is 38.5 Å². The summed E-state index contributed by atoms with van der Waals surface area (Å²) in [5, 5.41) is 3.82. The lowest BCUT2D eigenvalue weighted by Gasteiger charge is -2.07. The highest BCUT2D eigenvalue weighted by molar-refractivity contribution is 9.10. The van der Waals surface area contributed by atoms with E-state index in [0.717, 1.165) is 26.7 Å². The van der Waals surface area contributed by atoms with Crippen molar-refractivity contribution < 1.29 is 18.4 Å². The van der Waals surface area contributed by atoms with Crippen LogP contribution in [0.2, 0.25) is 0 Å². The molecule has 2 heterocycles. The standard InChI is InChI=1S/C22H18BrNO4/c1-14-19-11-16(23)7-8-20(19)28-21(14)22(25)24-17-5-2-4-15(10-17)12-26-13-18-6-3-9-27-18/h2-11H,12-13H2,1H3,(H,24,25). The third-order valence-electron chi connectivity index (χ3n) is 4.38. The Labute approximate surface area is 170 Å². The van der Waals surface area contributed by atoms with Crippen LogP contribution < -0.4 is 5.32 Å². The van der Waals surface area contributed by atoms with Crippen LogP contribution in [0.1, 0.15) is 27.4 Å². The number of fused-ring (bicyclic) bond motifs is 1. The van der Waals surface area contributed by atoms with Crippen LogP contribution in [0.5, 0.6) is 0 Å². The highest BCUT2D eigenvalue weighted by Gasteiger charge is 2.18. The van der Waals surface area contributed by atoms with Gasteiger partial charge in [0.1, 0.15) is 18.0 Å². The van der Waals surface area contributed by atoms with Gasteiger partial charge in [-0.3, -0.25) is 4.79 Å². The van der Waals surface area contributed by atoms with Crippen molar-refractivity contribution in [2.75, 3.05) is 5.32 Å². The lowest BCUT2D eigenvalue weighted by atomic mass is 10.1. The van der Waals surface area contributed by atoms with Crippen LogP contribution in [-0.2, 0) is 18.0 Å². The van der Waals surface area contributed by atoms with Crippen molar-refractivity contribution in [1.82, 2.24) is 0 Å². The number of ether oxygens (including phenoxy) is 1. The molecule has 1 N–H and O–H groups in total. The van der Waals surface area contributed by atoms with Crippen LogP contribution >= 0.6 is 15.9 Å². The number of carbonyl (C=O) groups excluding carboxylic acids is 1. The molecule has 4 aromatic rings. The average Bonchev–Trinajstić information content (AvgIpc) is 3.31. The van der Waals surface area contributed by atoms with E-state index in [2.05, 4.69) is 21.2 Å². The van der Waals surface area contributed by atoms with Crippen molar-refractivity contribution in [2.24, 2.45) is 0 Å².